The van der Waals surface area contributed by atoms with Crippen LogP contribution in [0.4, 0.5) is 0 Å². The van der Waals surface area contributed by atoms with Crippen LogP contribution in [0.1, 0.15) is 11.1 Å². The van der Waals surface area contributed by atoms with Crippen LogP contribution in [0.5, 0.6) is 0 Å². The molecule has 0 aromatic heterocycles. The monoisotopic (exact) mass is 319 g/mol. The molecule has 0 bridgehead atoms. The van der Waals surface area contributed by atoms with E-state index in [2.05, 4.69) is 22.0 Å². The quantitative estimate of drug-likeness (QED) is 0.931. The molecule has 0 amide bonds. The fraction of sp³-hybridized carbons (Fsp3) is 0.0714. The van der Waals surface area contributed by atoms with E-state index in [0.717, 1.165) is 19.8 Å². The summed E-state index contributed by atoms with van der Waals surface area (Å²) < 4.78 is 0.902. The molecule has 0 aliphatic carbocycles. The van der Waals surface area contributed by atoms with Crippen LogP contribution in [-0.4, -0.2) is 5.11 Å². The number of rotatable bonds is 3. The number of benzene rings is 2. The Balaban J connectivity index is 2.25. The fourth-order valence-electron chi connectivity index (χ4n) is 1.47. The molecule has 4 heteroatoms. The number of aliphatic hydroxyl groups is 1. The van der Waals surface area contributed by atoms with E-state index in [4.69, 9.17) is 10.4 Å². The van der Waals surface area contributed by atoms with Gasteiger partial charge in [0.05, 0.1) is 12.2 Å². The standard InChI is InChI=1S/C14H10BrNOS/c15-12-3-6-14(11(7-12)8-16)18-13-4-1-10(9-17)2-5-13/h1-7,17H,9H2. The largest absolute Gasteiger partial charge is 0.392 e. The van der Waals surface area contributed by atoms with Gasteiger partial charge in [-0.15, -0.1) is 0 Å². The van der Waals surface area contributed by atoms with Crippen molar-refractivity contribution >= 4 is 27.7 Å². The van der Waals surface area contributed by atoms with Crippen molar-refractivity contribution in [3.8, 4) is 6.07 Å². The molecule has 0 heterocycles. The van der Waals surface area contributed by atoms with Crippen LogP contribution in [-0.2, 0) is 6.61 Å². The van der Waals surface area contributed by atoms with Crippen LogP contribution in [0.15, 0.2) is 56.7 Å². The van der Waals surface area contributed by atoms with Gasteiger partial charge in [-0.2, -0.15) is 5.26 Å². The highest BCUT2D eigenvalue weighted by atomic mass is 79.9. The first-order chi connectivity index (χ1) is 8.72. The van der Waals surface area contributed by atoms with Gasteiger partial charge in [0.2, 0.25) is 0 Å². The number of hydrogen-bond acceptors (Lipinski definition) is 3. The molecule has 0 aliphatic rings. The number of nitriles is 1. The molecule has 2 aromatic rings. The number of aliphatic hydroxyl groups excluding tert-OH is 1. The van der Waals surface area contributed by atoms with Gasteiger partial charge in [0.15, 0.2) is 0 Å². The normalized spacial score (nSPS) is 10.1. The lowest BCUT2D eigenvalue weighted by Gasteiger charge is -2.05. The molecule has 0 fully saturated rings. The van der Waals surface area contributed by atoms with Crippen molar-refractivity contribution in [2.45, 2.75) is 16.4 Å². The maximum absolute atomic E-state index is 9.09. The Labute approximate surface area is 118 Å². The summed E-state index contributed by atoms with van der Waals surface area (Å²) in [5.41, 5.74) is 1.54. The number of hydrogen-bond donors (Lipinski definition) is 1. The highest BCUT2D eigenvalue weighted by molar-refractivity contribution is 9.10. The summed E-state index contributed by atoms with van der Waals surface area (Å²) in [6.45, 7) is 0.0483. The summed E-state index contributed by atoms with van der Waals surface area (Å²) in [5, 5.41) is 18.1. The first kappa shape index (κ1) is 13.2. The molecule has 0 saturated heterocycles. The van der Waals surface area contributed by atoms with Crippen LogP contribution in [0.3, 0.4) is 0 Å². The van der Waals surface area contributed by atoms with Crippen LogP contribution in [0.25, 0.3) is 0 Å². The van der Waals surface area contributed by atoms with Crippen molar-refractivity contribution in [1.29, 1.82) is 5.26 Å². The van der Waals surface area contributed by atoms with E-state index in [9.17, 15) is 0 Å². The van der Waals surface area contributed by atoms with E-state index in [1.807, 2.05) is 42.5 Å². The summed E-state index contributed by atoms with van der Waals surface area (Å²) in [5.74, 6) is 0. The zero-order valence-corrected chi connectivity index (χ0v) is 11.8. The molecule has 2 rings (SSSR count). The second kappa shape index (κ2) is 6.05. The van der Waals surface area contributed by atoms with Crippen LogP contribution in [0.2, 0.25) is 0 Å². The molecular weight excluding hydrogens is 310 g/mol. The van der Waals surface area contributed by atoms with Crippen molar-refractivity contribution in [1.82, 2.24) is 0 Å². The van der Waals surface area contributed by atoms with Crippen molar-refractivity contribution in [3.63, 3.8) is 0 Å². The molecule has 0 spiro atoms. The summed E-state index contributed by atoms with van der Waals surface area (Å²) in [6, 6.07) is 15.5. The SMILES string of the molecule is N#Cc1cc(Br)ccc1Sc1ccc(CO)cc1. The first-order valence-electron chi connectivity index (χ1n) is 5.30. The summed E-state index contributed by atoms with van der Waals surface area (Å²) in [7, 11) is 0. The minimum absolute atomic E-state index is 0.0483. The van der Waals surface area contributed by atoms with Gasteiger partial charge < -0.3 is 5.11 Å². The topological polar surface area (TPSA) is 44.0 Å². The Morgan fingerprint density at radius 3 is 2.50 bits per heavy atom. The predicted octanol–water partition coefficient (Wildman–Crippen LogP) is 3.96. The van der Waals surface area contributed by atoms with Crippen LogP contribution >= 0.6 is 27.7 Å². The summed E-state index contributed by atoms with van der Waals surface area (Å²) in [6.07, 6.45) is 0. The first-order valence-corrected chi connectivity index (χ1v) is 6.91. The second-order valence-electron chi connectivity index (χ2n) is 3.66. The van der Waals surface area contributed by atoms with Crippen molar-refractivity contribution < 1.29 is 5.11 Å². The predicted molar refractivity (Wildman–Crippen MR) is 75.3 cm³/mol. The minimum Gasteiger partial charge on any atom is -0.392 e. The van der Waals surface area contributed by atoms with Crippen molar-refractivity contribution in [2.75, 3.05) is 0 Å². The molecule has 0 atom stereocenters. The zero-order chi connectivity index (χ0) is 13.0. The Hall–Kier alpha value is -1.28. The van der Waals surface area contributed by atoms with E-state index in [0.29, 0.717) is 5.56 Å². The van der Waals surface area contributed by atoms with Crippen molar-refractivity contribution in [3.05, 3.63) is 58.1 Å². The maximum Gasteiger partial charge on any atom is 0.100 e. The molecule has 2 aromatic carbocycles. The maximum atomic E-state index is 9.09. The number of nitrogens with zero attached hydrogens (tertiary/aromatic N) is 1. The fourth-order valence-corrected chi connectivity index (χ4v) is 2.71. The van der Waals surface area contributed by atoms with Gasteiger partial charge in [0, 0.05) is 14.3 Å². The van der Waals surface area contributed by atoms with Gasteiger partial charge in [0.1, 0.15) is 6.07 Å². The molecule has 0 saturated carbocycles. The van der Waals surface area contributed by atoms with Gasteiger partial charge >= 0.3 is 0 Å². The van der Waals surface area contributed by atoms with Gasteiger partial charge in [0.25, 0.3) is 0 Å². The highest BCUT2D eigenvalue weighted by Crippen LogP contribution is 2.31. The summed E-state index contributed by atoms with van der Waals surface area (Å²) >= 11 is 4.89. The Morgan fingerprint density at radius 2 is 1.89 bits per heavy atom. The third kappa shape index (κ3) is 3.14. The molecular formula is C14H10BrNOS. The molecule has 90 valence electrons. The van der Waals surface area contributed by atoms with E-state index >= 15 is 0 Å². The van der Waals surface area contributed by atoms with E-state index in [-0.39, 0.29) is 6.61 Å². The molecule has 0 radical (unpaired) electrons. The lowest BCUT2D eigenvalue weighted by Crippen LogP contribution is -1.84. The molecule has 2 nitrogen and oxygen atoms in total. The lowest BCUT2D eigenvalue weighted by atomic mass is 10.2. The molecule has 18 heavy (non-hydrogen) atoms. The van der Waals surface area contributed by atoms with Crippen LogP contribution < -0.4 is 0 Å². The third-order valence-electron chi connectivity index (χ3n) is 2.40. The average Bonchev–Trinajstić information content (AvgIpc) is 2.41. The average molecular weight is 320 g/mol. The smallest absolute Gasteiger partial charge is 0.100 e. The van der Waals surface area contributed by atoms with Gasteiger partial charge in [-0.3, -0.25) is 0 Å². The Morgan fingerprint density at radius 1 is 1.17 bits per heavy atom. The van der Waals surface area contributed by atoms with Crippen molar-refractivity contribution in [2.24, 2.45) is 0 Å². The van der Waals surface area contributed by atoms with Gasteiger partial charge in [-0.05, 0) is 35.9 Å². The molecule has 0 aliphatic heterocycles. The minimum atomic E-state index is 0.0483. The molecule has 0 unspecified atom stereocenters. The second-order valence-corrected chi connectivity index (χ2v) is 5.69. The zero-order valence-electron chi connectivity index (χ0n) is 9.43. The van der Waals surface area contributed by atoms with E-state index < -0.39 is 0 Å². The lowest BCUT2D eigenvalue weighted by molar-refractivity contribution is 0.282. The van der Waals surface area contributed by atoms with E-state index in [1.54, 1.807) is 11.8 Å². The third-order valence-corrected chi connectivity index (χ3v) is 3.97. The van der Waals surface area contributed by atoms with Gasteiger partial charge in [-0.25, -0.2) is 0 Å². The summed E-state index contributed by atoms with van der Waals surface area (Å²) in [4.78, 5) is 1.98. The Kier molecular flexibility index (Phi) is 4.43. The van der Waals surface area contributed by atoms with E-state index in [1.165, 1.54) is 0 Å². The number of halogens is 1. The Bertz CT molecular complexity index is 590. The highest BCUT2D eigenvalue weighted by Gasteiger charge is 2.05. The van der Waals surface area contributed by atoms with Crippen LogP contribution in [0, 0.1) is 11.3 Å². The molecule has 1 N–H and O–H groups in total. The van der Waals surface area contributed by atoms with Gasteiger partial charge in [-0.1, -0.05) is 39.8 Å².